The number of rotatable bonds is 3. The Balaban J connectivity index is 2.52. The Morgan fingerprint density at radius 3 is 2.32 bits per heavy atom. The van der Waals surface area contributed by atoms with E-state index in [2.05, 4.69) is 0 Å². The van der Waals surface area contributed by atoms with E-state index in [1.807, 2.05) is 22.6 Å². The lowest BCUT2D eigenvalue weighted by atomic mass is 10.0. The van der Waals surface area contributed by atoms with Gasteiger partial charge in [0.2, 0.25) is 0 Å². The van der Waals surface area contributed by atoms with E-state index in [9.17, 15) is 13.6 Å². The van der Waals surface area contributed by atoms with Crippen molar-refractivity contribution in [1.29, 1.82) is 0 Å². The van der Waals surface area contributed by atoms with Crippen molar-refractivity contribution in [3.63, 3.8) is 0 Å². The van der Waals surface area contributed by atoms with Gasteiger partial charge >= 0.3 is 0 Å². The summed E-state index contributed by atoms with van der Waals surface area (Å²) >= 11 is 1.87. The smallest absolute Gasteiger partial charge is 0.197 e. The van der Waals surface area contributed by atoms with Gasteiger partial charge in [0.15, 0.2) is 5.78 Å². The predicted molar refractivity (Wildman–Crippen MR) is 75.5 cm³/mol. The van der Waals surface area contributed by atoms with Crippen LogP contribution in [0.3, 0.4) is 0 Å². The van der Waals surface area contributed by atoms with Gasteiger partial charge in [0.05, 0.1) is 12.7 Å². The molecule has 0 bridgehead atoms. The number of methoxy groups -OCH3 is 1. The normalized spacial score (nSPS) is 10.3. The number of ether oxygens (including phenoxy) is 1. The van der Waals surface area contributed by atoms with Gasteiger partial charge in [0.1, 0.15) is 17.4 Å². The summed E-state index contributed by atoms with van der Waals surface area (Å²) in [6, 6.07) is 7.54. The highest BCUT2D eigenvalue weighted by Crippen LogP contribution is 2.25. The monoisotopic (exact) mass is 374 g/mol. The molecule has 0 saturated carbocycles. The second-order valence-corrected chi connectivity index (χ2v) is 4.96. The summed E-state index contributed by atoms with van der Waals surface area (Å²) < 4.78 is 31.8. The fourth-order valence-corrected chi connectivity index (χ4v) is 2.40. The topological polar surface area (TPSA) is 26.3 Å². The molecule has 0 fully saturated rings. The molecule has 0 saturated heterocycles. The van der Waals surface area contributed by atoms with Crippen molar-refractivity contribution < 1.29 is 18.3 Å². The fraction of sp³-hybridized carbons (Fsp3) is 0.0714. The number of hydrogen-bond acceptors (Lipinski definition) is 2. The number of halogens is 3. The molecule has 0 atom stereocenters. The van der Waals surface area contributed by atoms with Crippen LogP contribution in [0.25, 0.3) is 0 Å². The minimum Gasteiger partial charge on any atom is -0.496 e. The maximum Gasteiger partial charge on any atom is 0.197 e. The zero-order chi connectivity index (χ0) is 14.0. The number of hydrogen-bond donors (Lipinski definition) is 0. The molecule has 0 aromatic heterocycles. The van der Waals surface area contributed by atoms with Crippen LogP contribution in [-0.2, 0) is 0 Å². The van der Waals surface area contributed by atoms with Crippen molar-refractivity contribution in [1.82, 2.24) is 0 Å². The summed E-state index contributed by atoms with van der Waals surface area (Å²) in [7, 11) is 1.40. The number of ketones is 1. The van der Waals surface area contributed by atoms with Gasteiger partial charge < -0.3 is 4.74 Å². The molecule has 5 heteroatoms. The molecule has 0 N–H and O–H groups in total. The van der Waals surface area contributed by atoms with E-state index in [1.54, 1.807) is 0 Å². The van der Waals surface area contributed by atoms with Gasteiger partial charge in [0, 0.05) is 9.13 Å². The van der Waals surface area contributed by atoms with Crippen LogP contribution in [0.5, 0.6) is 5.75 Å². The molecule has 0 aliphatic rings. The predicted octanol–water partition coefficient (Wildman–Crippen LogP) is 3.81. The first-order valence-corrected chi connectivity index (χ1v) is 6.44. The van der Waals surface area contributed by atoms with Crippen molar-refractivity contribution in [2.45, 2.75) is 0 Å². The first-order chi connectivity index (χ1) is 9.02. The lowest BCUT2D eigenvalue weighted by molar-refractivity contribution is 0.103. The van der Waals surface area contributed by atoms with Crippen LogP contribution >= 0.6 is 22.6 Å². The molecule has 0 spiro atoms. The average molecular weight is 374 g/mol. The highest BCUT2D eigenvalue weighted by atomic mass is 127. The fourth-order valence-electron chi connectivity index (χ4n) is 1.68. The van der Waals surface area contributed by atoms with E-state index in [1.165, 1.54) is 37.4 Å². The van der Waals surface area contributed by atoms with E-state index < -0.39 is 17.4 Å². The highest BCUT2D eigenvalue weighted by molar-refractivity contribution is 14.1. The van der Waals surface area contributed by atoms with Crippen LogP contribution < -0.4 is 4.74 Å². The van der Waals surface area contributed by atoms with Crippen LogP contribution in [-0.4, -0.2) is 12.9 Å². The summed E-state index contributed by atoms with van der Waals surface area (Å²) in [6.45, 7) is 0. The van der Waals surface area contributed by atoms with Gasteiger partial charge in [-0.1, -0.05) is 0 Å². The van der Waals surface area contributed by atoms with Gasteiger partial charge in [-0.3, -0.25) is 4.79 Å². The molecule has 19 heavy (non-hydrogen) atoms. The molecule has 0 radical (unpaired) electrons. The SMILES string of the molecule is COc1ccc(F)cc1C(=O)c1ccc(F)cc1I. The van der Waals surface area contributed by atoms with Crippen LogP contribution in [0.4, 0.5) is 8.78 Å². The number of benzene rings is 2. The third-order valence-corrected chi connectivity index (χ3v) is 3.47. The van der Waals surface area contributed by atoms with Gasteiger partial charge in [-0.05, 0) is 59.0 Å². The molecule has 98 valence electrons. The van der Waals surface area contributed by atoms with Crippen LogP contribution in [0, 0.1) is 15.2 Å². The summed E-state index contributed by atoms with van der Waals surface area (Å²) in [5, 5.41) is 0. The number of carbonyl (C=O) groups excluding carboxylic acids is 1. The molecular formula is C14H9F2IO2. The summed E-state index contributed by atoms with van der Waals surface area (Å²) in [5.74, 6) is -1.07. The van der Waals surface area contributed by atoms with Crippen LogP contribution in [0.15, 0.2) is 36.4 Å². The Morgan fingerprint density at radius 1 is 1.05 bits per heavy atom. The van der Waals surface area contributed by atoms with E-state index in [-0.39, 0.29) is 11.3 Å². The molecule has 0 heterocycles. The standard InChI is InChI=1S/C14H9F2IO2/c1-19-13-5-3-8(15)6-11(13)14(18)10-4-2-9(16)7-12(10)17/h2-7H,1H3. The Hall–Kier alpha value is -1.50. The Morgan fingerprint density at radius 2 is 1.68 bits per heavy atom. The lowest BCUT2D eigenvalue weighted by Crippen LogP contribution is -2.06. The molecule has 0 unspecified atom stereocenters. The highest BCUT2D eigenvalue weighted by Gasteiger charge is 2.18. The number of carbonyl (C=O) groups is 1. The first-order valence-electron chi connectivity index (χ1n) is 5.36. The summed E-state index contributed by atoms with van der Waals surface area (Å²) in [5.41, 5.74) is 0.429. The van der Waals surface area contributed by atoms with Gasteiger partial charge in [-0.25, -0.2) is 8.78 Å². The molecule has 2 rings (SSSR count). The average Bonchev–Trinajstić information content (AvgIpc) is 2.38. The Kier molecular flexibility index (Phi) is 4.14. The minimum absolute atomic E-state index is 0.118. The second kappa shape index (κ2) is 5.64. The molecule has 2 aromatic carbocycles. The molecular weight excluding hydrogens is 365 g/mol. The molecule has 0 amide bonds. The largest absolute Gasteiger partial charge is 0.496 e. The van der Waals surface area contributed by atoms with Gasteiger partial charge in [-0.2, -0.15) is 0 Å². The first kappa shape index (κ1) is 13.9. The van der Waals surface area contributed by atoms with Crippen molar-refractivity contribution in [2.75, 3.05) is 7.11 Å². The van der Waals surface area contributed by atoms with Crippen molar-refractivity contribution in [2.24, 2.45) is 0 Å². The quantitative estimate of drug-likeness (QED) is 0.604. The van der Waals surface area contributed by atoms with Crippen molar-refractivity contribution in [3.05, 3.63) is 62.7 Å². The molecule has 2 aromatic rings. The summed E-state index contributed by atoms with van der Waals surface area (Å²) in [6.07, 6.45) is 0. The maximum atomic E-state index is 13.3. The third kappa shape index (κ3) is 2.91. The zero-order valence-corrected chi connectivity index (χ0v) is 12.1. The lowest BCUT2D eigenvalue weighted by Gasteiger charge is -2.09. The van der Waals surface area contributed by atoms with Crippen LogP contribution in [0.1, 0.15) is 15.9 Å². The van der Waals surface area contributed by atoms with Gasteiger partial charge in [0.25, 0.3) is 0 Å². The third-order valence-electron chi connectivity index (χ3n) is 2.58. The van der Waals surface area contributed by atoms with E-state index in [0.717, 1.165) is 6.07 Å². The Bertz CT molecular complexity index is 641. The zero-order valence-electron chi connectivity index (χ0n) is 9.91. The summed E-state index contributed by atoms with van der Waals surface area (Å²) in [4.78, 5) is 12.3. The Labute approximate surface area is 122 Å². The molecule has 0 aliphatic heterocycles. The van der Waals surface area contributed by atoms with E-state index in [4.69, 9.17) is 4.74 Å². The van der Waals surface area contributed by atoms with E-state index in [0.29, 0.717) is 9.13 Å². The van der Waals surface area contributed by atoms with Crippen LogP contribution in [0.2, 0.25) is 0 Å². The van der Waals surface area contributed by atoms with E-state index >= 15 is 0 Å². The van der Waals surface area contributed by atoms with Crippen molar-refractivity contribution >= 4 is 28.4 Å². The minimum atomic E-state index is -0.527. The maximum absolute atomic E-state index is 13.3. The molecule has 2 nitrogen and oxygen atoms in total. The molecule has 0 aliphatic carbocycles. The second-order valence-electron chi connectivity index (χ2n) is 3.80. The van der Waals surface area contributed by atoms with Gasteiger partial charge in [-0.15, -0.1) is 0 Å². The van der Waals surface area contributed by atoms with Crippen molar-refractivity contribution in [3.8, 4) is 5.75 Å².